The minimum absolute atomic E-state index is 0.0329. The fourth-order valence-electron chi connectivity index (χ4n) is 3.17. The molecule has 130 valence electrons. The molecule has 0 atom stereocenters. The number of nitrogens with one attached hydrogen (secondary N) is 2. The summed E-state index contributed by atoms with van der Waals surface area (Å²) in [4.78, 5) is 19.8. The van der Waals surface area contributed by atoms with E-state index in [1.54, 1.807) is 13.1 Å². The number of hydrogen-bond acceptors (Lipinski definition) is 4. The van der Waals surface area contributed by atoms with Gasteiger partial charge in [0.1, 0.15) is 0 Å². The van der Waals surface area contributed by atoms with Crippen LogP contribution in [0.15, 0.2) is 53.8 Å². The first-order valence-electron chi connectivity index (χ1n) is 8.41. The Balaban J connectivity index is 1.73. The van der Waals surface area contributed by atoms with Gasteiger partial charge in [-0.2, -0.15) is 0 Å². The monoisotopic (exact) mass is 346 g/mol. The molecule has 26 heavy (non-hydrogen) atoms. The van der Waals surface area contributed by atoms with Crippen LogP contribution in [0.3, 0.4) is 0 Å². The second kappa shape index (κ2) is 6.48. The number of pyridine rings is 1. The van der Waals surface area contributed by atoms with Gasteiger partial charge in [-0.05, 0) is 36.8 Å². The lowest BCUT2D eigenvalue weighted by molar-refractivity contribution is 0.0946. The lowest BCUT2D eigenvalue weighted by Crippen LogP contribution is -2.31. The number of carbonyl (C=O) groups excluding carboxylic acids is 1. The number of benzene rings is 1. The van der Waals surface area contributed by atoms with Crippen LogP contribution in [0.4, 0.5) is 0 Å². The van der Waals surface area contributed by atoms with Crippen molar-refractivity contribution in [3.8, 4) is 22.5 Å². The molecule has 3 heterocycles. The van der Waals surface area contributed by atoms with E-state index in [4.69, 9.17) is 5.21 Å². The van der Waals surface area contributed by atoms with Crippen LogP contribution in [0.1, 0.15) is 28.5 Å². The topological polar surface area (TPSA) is 90.4 Å². The predicted octanol–water partition coefficient (Wildman–Crippen LogP) is 3.23. The third-order valence-corrected chi connectivity index (χ3v) is 4.60. The second-order valence-corrected chi connectivity index (χ2v) is 6.28. The summed E-state index contributed by atoms with van der Waals surface area (Å²) in [6.07, 6.45) is 2.56. The quantitative estimate of drug-likeness (QED) is 0.386. The summed E-state index contributed by atoms with van der Waals surface area (Å²) in [5.74, 6) is -0.0329. The summed E-state index contributed by atoms with van der Waals surface area (Å²) in [7, 11) is 0. The molecule has 0 bridgehead atoms. The molecule has 4 rings (SSSR count). The molecule has 0 saturated carbocycles. The first-order chi connectivity index (χ1) is 12.7. The van der Waals surface area contributed by atoms with Gasteiger partial charge < -0.3 is 15.5 Å². The number of amides is 1. The highest BCUT2D eigenvalue weighted by molar-refractivity contribution is 5.99. The summed E-state index contributed by atoms with van der Waals surface area (Å²) in [5.41, 5.74) is 6.68. The molecule has 3 N–H and O–H groups in total. The van der Waals surface area contributed by atoms with E-state index in [0.29, 0.717) is 17.8 Å². The van der Waals surface area contributed by atoms with Crippen LogP contribution in [0.5, 0.6) is 0 Å². The van der Waals surface area contributed by atoms with Crippen molar-refractivity contribution in [2.24, 2.45) is 5.16 Å². The van der Waals surface area contributed by atoms with Crippen molar-refractivity contribution in [2.45, 2.75) is 13.3 Å². The third kappa shape index (κ3) is 2.86. The summed E-state index contributed by atoms with van der Waals surface area (Å²) in [5, 5.41) is 15.1. The molecule has 1 aromatic carbocycles. The number of aromatic amines is 1. The zero-order valence-electron chi connectivity index (χ0n) is 14.3. The molecule has 1 amide bonds. The zero-order valence-corrected chi connectivity index (χ0v) is 14.3. The van der Waals surface area contributed by atoms with Gasteiger partial charge in [0, 0.05) is 41.7 Å². The molecule has 0 fully saturated rings. The average Bonchev–Trinajstić information content (AvgIpc) is 3.13. The van der Waals surface area contributed by atoms with Gasteiger partial charge >= 0.3 is 0 Å². The first-order valence-corrected chi connectivity index (χ1v) is 8.41. The van der Waals surface area contributed by atoms with Crippen LogP contribution in [0.25, 0.3) is 22.5 Å². The van der Waals surface area contributed by atoms with Gasteiger partial charge in [-0.3, -0.25) is 9.78 Å². The summed E-state index contributed by atoms with van der Waals surface area (Å²) < 4.78 is 0. The molecule has 0 saturated heterocycles. The molecule has 0 spiro atoms. The Labute approximate surface area is 150 Å². The Kier molecular flexibility index (Phi) is 4.01. The molecule has 1 aliphatic heterocycles. The molecule has 6 nitrogen and oxygen atoms in total. The first kappa shape index (κ1) is 16.1. The minimum Gasteiger partial charge on any atom is -0.411 e. The standard InChI is InChI=1S/C20H18N4O2/c1-12(24-26)13-3-2-4-14(9-13)18-10-15(5-7-21-18)19-11-16-17(23-19)6-8-22-20(16)25/h2-5,7,9-11,23,26H,6,8H2,1H3,(H,22,25)/b24-12+. The van der Waals surface area contributed by atoms with Crippen molar-refractivity contribution in [3.63, 3.8) is 0 Å². The Morgan fingerprint density at radius 3 is 2.88 bits per heavy atom. The molecule has 1 aliphatic rings. The zero-order chi connectivity index (χ0) is 18.1. The fraction of sp³-hybridized carbons (Fsp3) is 0.150. The van der Waals surface area contributed by atoms with Gasteiger partial charge in [0.2, 0.25) is 0 Å². The maximum Gasteiger partial charge on any atom is 0.253 e. The Morgan fingerprint density at radius 1 is 1.19 bits per heavy atom. The largest absolute Gasteiger partial charge is 0.411 e. The highest BCUT2D eigenvalue weighted by Gasteiger charge is 2.20. The Hall–Kier alpha value is -3.41. The molecule has 3 aromatic rings. The third-order valence-electron chi connectivity index (χ3n) is 4.60. The molecular formula is C20H18N4O2. The number of aromatic nitrogens is 2. The smallest absolute Gasteiger partial charge is 0.253 e. The van der Waals surface area contributed by atoms with Crippen LogP contribution in [-0.2, 0) is 6.42 Å². The van der Waals surface area contributed by atoms with E-state index >= 15 is 0 Å². The molecule has 2 aromatic heterocycles. The van der Waals surface area contributed by atoms with E-state index in [0.717, 1.165) is 40.2 Å². The van der Waals surface area contributed by atoms with E-state index in [1.807, 2.05) is 42.5 Å². The molecule has 0 aliphatic carbocycles. The maximum absolute atomic E-state index is 12.0. The van der Waals surface area contributed by atoms with Crippen LogP contribution >= 0.6 is 0 Å². The van der Waals surface area contributed by atoms with Gasteiger partial charge in [0.05, 0.1) is 17.0 Å². The molecule has 0 radical (unpaired) electrons. The summed E-state index contributed by atoms with van der Waals surface area (Å²) >= 11 is 0. The van der Waals surface area contributed by atoms with Crippen molar-refractivity contribution in [1.82, 2.24) is 15.3 Å². The Morgan fingerprint density at radius 2 is 2.08 bits per heavy atom. The Bertz CT molecular complexity index is 1020. The lowest BCUT2D eigenvalue weighted by Gasteiger charge is -2.11. The van der Waals surface area contributed by atoms with Crippen LogP contribution in [0.2, 0.25) is 0 Å². The number of carbonyl (C=O) groups is 1. The van der Waals surface area contributed by atoms with Gasteiger partial charge in [0.25, 0.3) is 5.91 Å². The lowest BCUT2D eigenvalue weighted by atomic mass is 10.0. The van der Waals surface area contributed by atoms with Gasteiger partial charge in [-0.1, -0.05) is 23.4 Å². The van der Waals surface area contributed by atoms with Crippen LogP contribution in [0, 0.1) is 0 Å². The highest BCUT2D eigenvalue weighted by Crippen LogP contribution is 2.27. The normalized spacial score (nSPS) is 14.0. The van der Waals surface area contributed by atoms with E-state index in [-0.39, 0.29) is 5.91 Å². The van der Waals surface area contributed by atoms with Crippen molar-refractivity contribution >= 4 is 11.6 Å². The number of nitrogens with zero attached hydrogens (tertiary/aromatic N) is 2. The van der Waals surface area contributed by atoms with Crippen molar-refractivity contribution in [3.05, 3.63) is 65.5 Å². The van der Waals surface area contributed by atoms with Gasteiger partial charge in [-0.15, -0.1) is 0 Å². The fourth-order valence-corrected chi connectivity index (χ4v) is 3.17. The van der Waals surface area contributed by atoms with E-state index < -0.39 is 0 Å². The van der Waals surface area contributed by atoms with Gasteiger partial charge in [0.15, 0.2) is 0 Å². The average molecular weight is 346 g/mol. The SMILES string of the molecule is C/C(=N\O)c1cccc(-c2cc(-c3cc4c([nH]3)CCNC4=O)ccn2)c1. The minimum atomic E-state index is -0.0329. The number of rotatable bonds is 3. The second-order valence-electron chi connectivity index (χ2n) is 6.28. The van der Waals surface area contributed by atoms with Crippen molar-refractivity contribution < 1.29 is 10.0 Å². The number of oxime groups is 1. The van der Waals surface area contributed by atoms with E-state index in [1.165, 1.54) is 0 Å². The van der Waals surface area contributed by atoms with E-state index in [9.17, 15) is 4.79 Å². The highest BCUT2D eigenvalue weighted by atomic mass is 16.4. The summed E-state index contributed by atoms with van der Waals surface area (Å²) in [6.45, 7) is 2.41. The summed E-state index contributed by atoms with van der Waals surface area (Å²) in [6, 6.07) is 13.5. The van der Waals surface area contributed by atoms with Crippen molar-refractivity contribution in [1.29, 1.82) is 0 Å². The predicted molar refractivity (Wildman–Crippen MR) is 99.5 cm³/mol. The van der Waals surface area contributed by atoms with Crippen LogP contribution < -0.4 is 5.32 Å². The van der Waals surface area contributed by atoms with Crippen LogP contribution in [-0.4, -0.2) is 33.3 Å². The van der Waals surface area contributed by atoms with Gasteiger partial charge in [-0.25, -0.2) is 0 Å². The van der Waals surface area contributed by atoms with E-state index in [2.05, 4.69) is 20.4 Å². The molecule has 0 unspecified atom stereocenters. The number of fused-ring (bicyclic) bond motifs is 1. The number of H-pyrrole nitrogens is 1. The molecular weight excluding hydrogens is 328 g/mol. The molecule has 6 heteroatoms. The number of hydrogen-bond donors (Lipinski definition) is 3. The maximum atomic E-state index is 12.0. The van der Waals surface area contributed by atoms with Crippen molar-refractivity contribution in [2.75, 3.05) is 6.54 Å².